The number of amides is 1. The average molecular weight is 401 g/mol. The molecule has 28 heavy (non-hydrogen) atoms. The van der Waals surface area contributed by atoms with Gasteiger partial charge in [-0.25, -0.2) is 0 Å². The summed E-state index contributed by atoms with van der Waals surface area (Å²) < 4.78 is 7.27. The van der Waals surface area contributed by atoms with Gasteiger partial charge in [0.15, 0.2) is 16.7 Å². The topological polar surface area (TPSA) is 73.0 Å². The lowest BCUT2D eigenvalue weighted by molar-refractivity contribution is -0.123. The first-order valence-corrected chi connectivity index (χ1v) is 11.4. The first-order chi connectivity index (χ1) is 13.5. The molecule has 0 spiro atoms. The highest BCUT2D eigenvalue weighted by Gasteiger charge is 2.53. The SMILES string of the molecule is C[C@H](NC(=O)CSc1nnc(-c2ccco2)n1C)C12CC3CC(CC(C3)C1)C2. The Balaban J connectivity index is 1.19. The van der Waals surface area contributed by atoms with E-state index in [0.29, 0.717) is 22.8 Å². The summed E-state index contributed by atoms with van der Waals surface area (Å²) in [6, 6.07) is 3.95. The molecule has 6 nitrogen and oxygen atoms in total. The number of rotatable bonds is 6. The zero-order valence-corrected chi connectivity index (χ0v) is 17.4. The molecule has 0 aromatic carbocycles. The van der Waals surface area contributed by atoms with Crippen LogP contribution in [-0.4, -0.2) is 32.5 Å². The van der Waals surface area contributed by atoms with Gasteiger partial charge in [-0.2, -0.15) is 0 Å². The molecule has 0 radical (unpaired) electrons. The molecule has 7 heteroatoms. The molecule has 4 saturated carbocycles. The molecule has 0 aliphatic heterocycles. The van der Waals surface area contributed by atoms with Gasteiger partial charge in [0, 0.05) is 13.1 Å². The zero-order chi connectivity index (χ0) is 19.3. The summed E-state index contributed by atoms with van der Waals surface area (Å²) in [7, 11) is 1.90. The average Bonchev–Trinajstić information content (AvgIpc) is 3.28. The van der Waals surface area contributed by atoms with E-state index in [2.05, 4.69) is 22.4 Å². The number of carbonyl (C=O) groups is 1. The number of carbonyl (C=O) groups excluding carboxylic acids is 1. The molecular formula is C21H28N4O2S. The second kappa shape index (κ2) is 6.94. The predicted molar refractivity (Wildman–Crippen MR) is 108 cm³/mol. The Morgan fingerprint density at radius 3 is 2.57 bits per heavy atom. The molecule has 1 amide bonds. The van der Waals surface area contributed by atoms with Crippen molar-refractivity contribution in [1.82, 2.24) is 20.1 Å². The molecule has 4 aliphatic carbocycles. The van der Waals surface area contributed by atoms with E-state index >= 15 is 0 Å². The molecule has 4 fully saturated rings. The van der Waals surface area contributed by atoms with E-state index in [1.54, 1.807) is 6.26 Å². The number of hydrogen-bond acceptors (Lipinski definition) is 5. The lowest BCUT2D eigenvalue weighted by atomic mass is 9.48. The lowest BCUT2D eigenvalue weighted by Crippen LogP contribution is -2.56. The summed E-state index contributed by atoms with van der Waals surface area (Å²) in [4.78, 5) is 12.7. The molecule has 0 unspecified atom stereocenters. The van der Waals surface area contributed by atoms with Crippen LogP contribution in [0.25, 0.3) is 11.6 Å². The Morgan fingerprint density at radius 2 is 1.96 bits per heavy atom. The predicted octanol–water partition coefficient (Wildman–Crippen LogP) is 3.89. The van der Waals surface area contributed by atoms with E-state index in [9.17, 15) is 4.79 Å². The molecule has 2 aromatic heterocycles. The maximum atomic E-state index is 12.7. The van der Waals surface area contributed by atoms with Crippen molar-refractivity contribution in [3.05, 3.63) is 18.4 Å². The van der Waals surface area contributed by atoms with Crippen LogP contribution in [0.4, 0.5) is 0 Å². The summed E-state index contributed by atoms with van der Waals surface area (Å²) in [5, 5.41) is 12.5. The molecule has 1 atom stereocenters. The Bertz CT molecular complexity index is 825. The molecule has 2 heterocycles. The molecule has 4 aliphatic rings. The van der Waals surface area contributed by atoms with E-state index in [-0.39, 0.29) is 11.9 Å². The highest BCUT2D eigenvalue weighted by molar-refractivity contribution is 7.99. The van der Waals surface area contributed by atoms with Crippen LogP contribution in [0.15, 0.2) is 28.0 Å². The van der Waals surface area contributed by atoms with Crippen LogP contribution in [0.2, 0.25) is 0 Å². The molecule has 1 N–H and O–H groups in total. The largest absolute Gasteiger partial charge is 0.461 e. The van der Waals surface area contributed by atoms with Gasteiger partial charge in [-0.15, -0.1) is 10.2 Å². The van der Waals surface area contributed by atoms with Crippen LogP contribution < -0.4 is 5.32 Å². The fourth-order valence-electron chi connectivity index (χ4n) is 6.34. The normalized spacial score (nSPS) is 31.9. The molecule has 4 bridgehead atoms. The summed E-state index contributed by atoms with van der Waals surface area (Å²) in [5.41, 5.74) is 0.340. The van der Waals surface area contributed by atoms with Gasteiger partial charge in [-0.3, -0.25) is 4.79 Å². The van der Waals surface area contributed by atoms with Crippen molar-refractivity contribution in [2.24, 2.45) is 30.2 Å². The minimum atomic E-state index is 0.0933. The minimum absolute atomic E-state index is 0.0933. The molecule has 2 aromatic rings. The van der Waals surface area contributed by atoms with Crippen molar-refractivity contribution in [3.8, 4) is 11.6 Å². The number of nitrogens with one attached hydrogen (secondary N) is 1. The van der Waals surface area contributed by atoms with E-state index in [1.807, 2.05) is 23.7 Å². The Morgan fingerprint density at radius 1 is 1.29 bits per heavy atom. The maximum absolute atomic E-state index is 12.7. The number of nitrogens with zero attached hydrogens (tertiary/aromatic N) is 3. The van der Waals surface area contributed by atoms with Gasteiger partial charge in [-0.1, -0.05) is 11.8 Å². The Labute approximate surface area is 169 Å². The van der Waals surface area contributed by atoms with Gasteiger partial charge < -0.3 is 14.3 Å². The highest BCUT2D eigenvalue weighted by Crippen LogP contribution is 2.61. The van der Waals surface area contributed by atoms with Gasteiger partial charge in [0.25, 0.3) is 0 Å². The zero-order valence-electron chi connectivity index (χ0n) is 16.6. The van der Waals surface area contributed by atoms with Gasteiger partial charge in [0.2, 0.25) is 5.91 Å². The van der Waals surface area contributed by atoms with Crippen LogP contribution in [0.1, 0.15) is 45.4 Å². The van der Waals surface area contributed by atoms with Crippen LogP contribution in [0, 0.1) is 23.2 Å². The summed E-state index contributed by atoms with van der Waals surface area (Å²) in [6.45, 7) is 2.23. The first kappa shape index (κ1) is 18.3. The minimum Gasteiger partial charge on any atom is -0.461 e. The van der Waals surface area contributed by atoms with Crippen molar-refractivity contribution in [2.75, 3.05) is 5.75 Å². The van der Waals surface area contributed by atoms with Crippen LogP contribution in [0.5, 0.6) is 0 Å². The van der Waals surface area contributed by atoms with E-state index in [4.69, 9.17) is 4.42 Å². The van der Waals surface area contributed by atoms with Crippen molar-refractivity contribution in [1.29, 1.82) is 0 Å². The number of thioether (sulfide) groups is 1. The van der Waals surface area contributed by atoms with Crippen LogP contribution in [0.3, 0.4) is 0 Å². The van der Waals surface area contributed by atoms with Gasteiger partial charge in [0.05, 0.1) is 12.0 Å². The van der Waals surface area contributed by atoms with E-state index < -0.39 is 0 Å². The maximum Gasteiger partial charge on any atom is 0.230 e. The van der Waals surface area contributed by atoms with Gasteiger partial charge >= 0.3 is 0 Å². The lowest BCUT2D eigenvalue weighted by Gasteiger charge is -2.59. The van der Waals surface area contributed by atoms with Crippen molar-refractivity contribution in [2.45, 2.75) is 56.6 Å². The summed E-state index contributed by atoms with van der Waals surface area (Å²) in [5.74, 6) is 4.52. The van der Waals surface area contributed by atoms with Crippen molar-refractivity contribution in [3.63, 3.8) is 0 Å². The molecule has 150 valence electrons. The number of hydrogen-bond donors (Lipinski definition) is 1. The molecular weight excluding hydrogens is 372 g/mol. The summed E-state index contributed by atoms with van der Waals surface area (Å²) >= 11 is 1.43. The van der Waals surface area contributed by atoms with Crippen LogP contribution in [-0.2, 0) is 11.8 Å². The number of furan rings is 1. The fourth-order valence-corrected chi connectivity index (χ4v) is 7.06. The number of aromatic nitrogens is 3. The smallest absolute Gasteiger partial charge is 0.230 e. The molecule has 0 saturated heterocycles. The summed E-state index contributed by atoms with van der Waals surface area (Å²) in [6.07, 6.45) is 9.84. The highest BCUT2D eigenvalue weighted by atomic mass is 32.2. The third-order valence-corrected chi connectivity index (χ3v) is 8.31. The van der Waals surface area contributed by atoms with E-state index in [0.717, 1.165) is 22.9 Å². The van der Waals surface area contributed by atoms with Crippen LogP contribution >= 0.6 is 11.8 Å². The second-order valence-electron chi connectivity index (χ2n) is 9.20. The standard InChI is InChI=1S/C21H28N4O2S/c1-13(21-9-14-6-15(10-21)8-16(7-14)11-21)22-18(26)12-28-20-24-23-19(25(20)2)17-4-3-5-27-17/h3-5,13-16H,6-12H2,1-2H3,(H,22,26)/t13-,14?,15?,16?,21?/m0/s1. The second-order valence-corrected chi connectivity index (χ2v) is 10.1. The van der Waals surface area contributed by atoms with E-state index in [1.165, 1.54) is 50.3 Å². The van der Waals surface area contributed by atoms with Crippen molar-refractivity contribution < 1.29 is 9.21 Å². The first-order valence-electron chi connectivity index (χ1n) is 10.4. The fraction of sp³-hybridized carbons (Fsp3) is 0.667. The van der Waals surface area contributed by atoms with Gasteiger partial charge in [0.1, 0.15) is 0 Å². The Hall–Kier alpha value is -1.76. The Kier molecular flexibility index (Phi) is 4.53. The molecule has 6 rings (SSSR count). The quantitative estimate of drug-likeness (QED) is 0.745. The third kappa shape index (κ3) is 3.17. The van der Waals surface area contributed by atoms with Crippen molar-refractivity contribution >= 4 is 17.7 Å². The third-order valence-electron chi connectivity index (χ3n) is 7.29. The van der Waals surface area contributed by atoms with Gasteiger partial charge in [-0.05, 0) is 80.8 Å². The monoisotopic (exact) mass is 400 g/mol.